The number of benzene rings is 1. The van der Waals surface area contributed by atoms with Crippen LogP contribution in [-0.4, -0.2) is 56.8 Å². The highest BCUT2D eigenvalue weighted by molar-refractivity contribution is 5.95. The number of anilines is 1. The van der Waals surface area contributed by atoms with Crippen LogP contribution < -0.4 is 9.64 Å². The molecule has 1 aliphatic heterocycles. The molecule has 3 rings (SSSR count). The van der Waals surface area contributed by atoms with Gasteiger partial charge in [0, 0.05) is 33.0 Å². The number of pyridine rings is 1. The quantitative estimate of drug-likeness (QED) is 0.836. The van der Waals surface area contributed by atoms with Gasteiger partial charge in [-0.15, -0.1) is 0 Å². The monoisotopic (exact) mass is 341 g/mol. The van der Waals surface area contributed by atoms with Crippen LogP contribution in [-0.2, 0) is 4.74 Å². The molecule has 1 aliphatic rings. The average Bonchev–Trinajstić information content (AvgIpc) is 2.65. The van der Waals surface area contributed by atoms with Crippen molar-refractivity contribution < 1.29 is 14.3 Å². The zero-order valence-corrected chi connectivity index (χ0v) is 14.8. The molecule has 0 bridgehead atoms. The first kappa shape index (κ1) is 17.2. The number of fused-ring (bicyclic) bond motifs is 1. The number of amides is 1. The second-order valence-corrected chi connectivity index (χ2v) is 6.09. The Hall–Kier alpha value is -2.60. The van der Waals surface area contributed by atoms with Crippen molar-refractivity contribution in [3.05, 3.63) is 53.9 Å². The molecule has 0 aliphatic carbocycles. The summed E-state index contributed by atoms with van der Waals surface area (Å²) in [5.74, 6) is 0.654. The van der Waals surface area contributed by atoms with Crippen LogP contribution >= 0.6 is 0 Å². The van der Waals surface area contributed by atoms with Gasteiger partial charge in [0.05, 0.1) is 30.6 Å². The summed E-state index contributed by atoms with van der Waals surface area (Å²) in [6.07, 6.45) is 1.72. The standard InChI is InChI=1S/C19H23N3O3/c1-21-10-11-25-18-12-14(7-8-16(18)21)19(23)22(2)17(13-24-3)15-6-4-5-9-20-15/h4-9,12,17H,10-11,13H2,1-3H3/t17-/m1/s1. The lowest BCUT2D eigenvalue weighted by molar-refractivity contribution is 0.0594. The number of ether oxygens (including phenoxy) is 2. The number of hydrogen-bond acceptors (Lipinski definition) is 5. The number of carbonyl (C=O) groups excluding carboxylic acids is 1. The molecule has 0 fully saturated rings. The molecule has 6 nitrogen and oxygen atoms in total. The van der Waals surface area contributed by atoms with Crippen LogP contribution in [0, 0.1) is 0 Å². The molecule has 25 heavy (non-hydrogen) atoms. The molecule has 6 heteroatoms. The van der Waals surface area contributed by atoms with Gasteiger partial charge in [-0.05, 0) is 30.3 Å². The van der Waals surface area contributed by atoms with Crippen LogP contribution in [0.25, 0.3) is 0 Å². The van der Waals surface area contributed by atoms with E-state index in [1.165, 1.54) is 0 Å². The first-order valence-corrected chi connectivity index (χ1v) is 8.27. The number of aromatic nitrogens is 1. The van der Waals surface area contributed by atoms with Crippen molar-refractivity contribution in [3.8, 4) is 5.75 Å². The summed E-state index contributed by atoms with van der Waals surface area (Å²) in [5.41, 5.74) is 2.39. The third kappa shape index (κ3) is 3.58. The Kier molecular flexibility index (Phi) is 5.19. The fourth-order valence-corrected chi connectivity index (χ4v) is 2.96. The van der Waals surface area contributed by atoms with Gasteiger partial charge in [-0.2, -0.15) is 0 Å². The zero-order chi connectivity index (χ0) is 17.8. The van der Waals surface area contributed by atoms with Gasteiger partial charge in [0.1, 0.15) is 12.4 Å². The number of methoxy groups -OCH3 is 1. The zero-order valence-electron chi connectivity index (χ0n) is 14.8. The SMILES string of the molecule is COC[C@H](c1ccccn1)N(C)C(=O)c1ccc2c(c1)OCCN2C. The predicted molar refractivity (Wildman–Crippen MR) is 96.2 cm³/mol. The van der Waals surface area contributed by atoms with Crippen molar-refractivity contribution in [1.29, 1.82) is 0 Å². The molecular formula is C19H23N3O3. The molecule has 0 saturated heterocycles. The third-order valence-corrected chi connectivity index (χ3v) is 4.44. The molecule has 1 aromatic heterocycles. The Labute approximate surface area is 148 Å². The van der Waals surface area contributed by atoms with Gasteiger partial charge in [0.15, 0.2) is 0 Å². The van der Waals surface area contributed by atoms with Crippen LogP contribution in [0.4, 0.5) is 5.69 Å². The number of hydrogen-bond donors (Lipinski definition) is 0. The highest BCUT2D eigenvalue weighted by atomic mass is 16.5. The second-order valence-electron chi connectivity index (χ2n) is 6.09. The van der Waals surface area contributed by atoms with Crippen molar-refractivity contribution in [2.45, 2.75) is 6.04 Å². The lowest BCUT2D eigenvalue weighted by Crippen LogP contribution is -2.34. The largest absolute Gasteiger partial charge is 0.490 e. The average molecular weight is 341 g/mol. The molecule has 2 aromatic rings. The van der Waals surface area contributed by atoms with Gasteiger partial charge >= 0.3 is 0 Å². The summed E-state index contributed by atoms with van der Waals surface area (Å²) in [5, 5.41) is 0. The minimum absolute atomic E-state index is 0.0904. The fourth-order valence-electron chi connectivity index (χ4n) is 2.96. The van der Waals surface area contributed by atoms with E-state index in [4.69, 9.17) is 9.47 Å². The van der Waals surface area contributed by atoms with Crippen LogP contribution in [0.3, 0.4) is 0 Å². The smallest absolute Gasteiger partial charge is 0.254 e. The maximum atomic E-state index is 13.0. The highest BCUT2D eigenvalue weighted by Gasteiger charge is 2.25. The summed E-state index contributed by atoms with van der Waals surface area (Å²) in [6.45, 7) is 1.84. The topological polar surface area (TPSA) is 54.9 Å². The Balaban J connectivity index is 1.86. The normalized spacial score (nSPS) is 14.4. The lowest BCUT2D eigenvalue weighted by atomic mass is 10.1. The minimum atomic E-state index is -0.252. The maximum Gasteiger partial charge on any atom is 0.254 e. The van der Waals surface area contributed by atoms with E-state index >= 15 is 0 Å². The maximum absolute atomic E-state index is 13.0. The molecule has 2 heterocycles. The predicted octanol–water partition coefficient (Wildman–Crippen LogP) is 2.37. The first-order chi connectivity index (χ1) is 12.1. The van der Waals surface area contributed by atoms with Gasteiger partial charge in [0.25, 0.3) is 5.91 Å². The highest BCUT2D eigenvalue weighted by Crippen LogP contribution is 2.32. The van der Waals surface area contributed by atoms with Gasteiger partial charge in [-0.25, -0.2) is 0 Å². The van der Waals surface area contributed by atoms with E-state index < -0.39 is 0 Å². The minimum Gasteiger partial charge on any atom is -0.490 e. The van der Waals surface area contributed by atoms with E-state index in [0.29, 0.717) is 18.8 Å². The number of likely N-dealkylation sites (N-methyl/N-ethyl adjacent to an activating group) is 2. The third-order valence-electron chi connectivity index (χ3n) is 4.44. The van der Waals surface area contributed by atoms with E-state index in [9.17, 15) is 4.79 Å². The lowest BCUT2D eigenvalue weighted by Gasteiger charge is -2.30. The number of carbonyl (C=O) groups is 1. The van der Waals surface area contributed by atoms with Crippen LogP contribution in [0.5, 0.6) is 5.75 Å². The summed E-state index contributed by atoms with van der Waals surface area (Å²) in [4.78, 5) is 21.1. The summed E-state index contributed by atoms with van der Waals surface area (Å²) < 4.78 is 11.0. The molecule has 1 atom stereocenters. The Morgan fingerprint density at radius 3 is 2.96 bits per heavy atom. The van der Waals surface area contributed by atoms with E-state index in [1.54, 1.807) is 25.3 Å². The molecule has 0 radical (unpaired) electrons. The first-order valence-electron chi connectivity index (χ1n) is 8.27. The summed E-state index contributed by atoms with van der Waals surface area (Å²) >= 11 is 0. The Bertz CT molecular complexity index is 736. The summed E-state index contributed by atoms with van der Waals surface area (Å²) in [6, 6.07) is 11.0. The van der Waals surface area contributed by atoms with Crippen molar-refractivity contribution in [3.63, 3.8) is 0 Å². The second kappa shape index (κ2) is 7.53. The van der Waals surface area contributed by atoms with Crippen LogP contribution in [0.2, 0.25) is 0 Å². The molecule has 0 saturated carbocycles. The molecule has 1 aromatic carbocycles. The van der Waals surface area contributed by atoms with Crippen LogP contribution in [0.1, 0.15) is 22.1 Å². The Morgan fingerprint density at radius 1 is 1.40 bits per heavy atom. The van der Waals surface area contributed by atoms with E-state index in [1.807, 2.05) is 43.4 Å². The molecule has 0 unspecified atom stereocenters. The van der Waals surface area contributed by atoms with Crippen molar-refractivity contribution in [2.24, 2.45) is 0 Å². The van der Waals surface area contributed by atoms with Gasteiger partial charge in [-0.1, -0.05) is 6.07 Å². The summed E-state index contributed by atoms with van der Waals surface area (Å²) in [7, 11) is 5.41. The molecule has 0 spiro atoms. The number of rotatable bonds is 5. The van der Waals surface area contributed by atoms with E-state index in [-0.39, 0.29) is 11.9 Å². The molecule has 132 valence electrons. The van der Waals surface area contributed by atoms with Gasteiger partial charge in [0.2, 0.25) is 0 Å². The van der Waals surface area contributed by atoms with Gasteiger partial charge < -0.3 is 19.3 Å². The van der Waals surface area contributed by atoms with Gasteiger partial charge in [-0.3, -0.25) is 9.78 Å². The molecule has 1 amide bonds. The van der Waals surface area contributed by atoms with Crippen molar-refractivity contribution in [2.75, 3.05) is 45.9 Å². The number of nitrogens with zero attached hydrogens (tertiary/aromatic N) is 3. The Morgan fingerprint density at radius 2 is 2.24 bits per heavy atom. The fraction of sp³-hybridized carbons (Fsp3) is 0.368. The molecular weight excluding hydrogens is 318 g/mol. The van der Waals surface area contributed by atoms with Crippen molar-refractivity contribution >= 4 is 11.6 Å². The van der Waals surface area contributed by atoms with E-state index in [2.05, 4.69) is 9.88 Å². The van der Waals surface area contributed by atoms with E-state index in [0.717, 1.165) is 23.7 Å². The van der Waals surface area contributed by atoms with Crippen molar-refractivity contribution in [1.82, 2.24) is 9.88 Å². The molecule has 0 N–H and O–H groups in total. The van der Waals surface area contributed by atoms with Crippen LogP contribution in [0.15, 0.2) is 42.6 Å².